The molecule has 0 spiro atoms. The van der Waals surface area contributed by atoms with Crippen molar-refractivity contribution in [2.75, 3.05) is 6.61 Å². The van der Waals surface area contributed by atoms with Gasteiger partial charge in [0.1, 0.15) is 6.61 Å². The Kier molecular flexibility index (Phi) is 12.4. The summed E-state index contributed by atoms with van der Waals surface area (Å²) in [5.41, 5.74) is 0.965. The molecule has 0 aliphatic rings. The second-order valence-corrected chi connectivity index (χ2v) is 7.37. The molecule has 0 unspecified atom stereocenters. The molecule has 25 heavy (non-hydrogen) atoms. The Labute approximate surface area is 164 Å². The Morgan fingerprint density at radius 2 is 1.44 bits per heavy atom. The summed E-state index contributed by atoms with van der Waals surface area (Å²) < 4.78 is 11.5. The van der Waals surface area contributed by atoms with E-state index in [1.54, 1.807) is 0 Å². The van der Waals surface area contributed by atoms with Crippen LogP contribution >= 0.6 is 22.6 Å². The van der Waals surface area contributed by atoms with E-state index < -0.39 is 0 Å². The minimum atomic E-state index is -0.276. The SMILES string of the molecule is CCCCCCCCOC(=O)CCCC(=O)OCc1ccc(I)cc1. The van der Waals surface area contributed by atoms with E-state index in [1.807, 2.05) is 24.3 Å². The first-order valence-electron chi connectivity index (χ1n) is 9.17. The molecular formula is C20H29IO4. The van der Waals surface area contributed by atoms with E-state index in [-0.39, 0.29) is 31.4 Å². The fourth-order valence-electron chi connectivity index (χ4n) is 2.33. The first-order valence-corrected chi connectivity index (χ1v) is 10.3. The van der Waals surface area contributed by atoms with Gasteiger partial charge in [0.2, 0.25) is 0 Å². The van der Waals surface area contributed by atoms with E-state index in [0.29, 0.717) is 13.0 Å². The highest BCUT2D eigenvalue weighted by Gasteiger charge is 2.07. The predicted molar refractivity (Wildman–Crippen MR) is 107 cm³/mol. The normalized spacial score (nSPS) is 10.5. The van der Waals surface area contributed by atoms with Gasteiger partial charge in [0.05, 0.1) is 6.61 Å². The van der Waals surface area contributed by atoms with Crippen molar-refractivity contribution in [3.8, 4) is 0 Å². The number of esters is 2. The zero-order valence-electron chi connectivity index (χ0n) is 15.1. The summed E-state index contributed by atoms with van der Waals surface area (Å²) in [5.74, 6) is -0.499. The van der Waals surface area contributed by atoms with Gasteiger partial charge in [0.25, 0.3) is 0 Å². The standard InChI is InChI=1S/C20H29IO4/c1-2-3-4-5-6-7-15-24-19(22)9-8-10-20(23)25-16-17-11-13-18(21)14-12-17/h11-14H,2-10,15-16H2,1H3. The maximum absolute atomic E-state index is 11.7. The zero-order valence-corrected chi connectivity index (χ0v) is 17.3. The van der Waals surface area contributed by atoms with Gasteiger partial charge in [-0.1, -0.05) is 51.2 Å². The molecule has 0 saturated carbocycles. The zero-order chi connectivity index (χ0) is 18.3. The third-order valence-electron chi connectivity index (χ3n) is 3.84. The van der Waals surface area contributed by atoms with Gasteiger partial charge in [0.15, 0.2) is 0 Å². The van der Waals surface area contributed by atoms with Gasteiger partial charge in [-0.3, -0.25) is 9.59 Å². The van der Waals surface area contributed by atoms with Gasteiger partial charge >= 0.3 is 11.9 Å². The molecule has 140 valence electrons. The van der Waals surface area contributed by atoms with Crippen molar-refractivity contribution in [3.63, 3.8) is 0 Å². The molecule has 1 aromatic rings. The summed E-state index contributed by atoms with van der Waals surface area (Å²) in [5, 5.41) is 0. The lowest BCUT2D eigenvalue weighted by molar-refractivity contribution is -0.146. The van der Waals surface area contributed by atoms with Crippen LogP contribution in [0.3, 0.4) is 0 Å². The molecule has 0 aliphatic carbocycles. The molecule has 4 nitrogen and oxygen atoms in total. The highest BCUT2D eigenvalue weighted by atomic mass is 127. The highest BCUT2D eigenvalue weighted by molar-refractivity contribution is 14.1. The van der Waals surface area contributed by atoms with E-state index in [2.05, 4.69) is 29.5 Å². The van der Waals surface area contributed by atoms with Crippen molar-refractivity contribution in [3.05, 3.63) is 33.4 Å². The molecule has 0 saturated heterocycles. The number of rotatable bonds is 13. The van der Waals surface area contributed by atoms with Crippen LogP contribution in [0.5, 0.6) is 0 Å². The van der Waals surface area contributed by atoms with E-state index in [9.17, 15) is 9.59 Å². The third-order valence-corrected chi connectivity index (χ3v) is 4.55. The lowest BCUT2D eigenvalue weighted by Crippen LogP contribution is -2.09. The summed E-state index contributed by atoms with van der Waals surface area (Å²) in [7, 11) is 0. The third kappa shape index (κ3) is 12.0. The number of hydrogen-bond acceptors (Lipinski definition) is 4. The van der Waals surface area contributed by atoms with Crippen molar-refractivity contribution < 1.29 is 19.1 Å². The summed E-state index contributed by atoms with van der Waals surface area (Å²) in [4.78, 5) is 23.3. The van der Waals surface area contributed by atoms with Crippen LogP contribution in [0.2, 0.25) is 0 Å². The molecule has 0 radical (unpaired) electrons. The smallest absolute Gasteiger partial charge is 0.306 e. The monoisotopic (exact) mass is 460 g/mol. The predicted octanol–water partition coefficient (Wildman–Crippen LogP) is 5.41. The number of halogens is 1. The van der Waals surface area contributed by atoms with Crippen LogP contribution in [0.1, 0.15) is 70.3 Å². The van der Waals surface area contributed by atoms with Gasteiger partial charge in [-0.25, -0.2) is 0 Å². The van der Waals surface area contributed by atoms with Gasteiger partial charge in [0, 0.05) is 16.4 Å². The topological polar surface area (TPSA) is 52.6 Å². The first kappa shape index (κ1) is 21.9. The average Bonchev–Trinajstić information content (AvgIpc) is 2.60. The van der Waals surface area contributed by atoms with Gasteiger partial charge in [-0.15, -0.1) is 0 Å². The summed E-state index contributed by atoms with van der Waals surface area (Å²) in [6.45, 7) is 2.96. The van der Waals surface area contributed by atoms with Gasteiger partial charge in [-0.05, 0) is 53.1 Å². The summed E-state index contributed by atoms with van der Waals surface area (Å²) >= 11 is 2.23. The lowest BCUT2D eigenvalue weighted by Gasteiger charge is -2.06. The Balaban J connectivity index is 1.99. The van der Waals surface area contributed by atoms with Crippen LogP contribution in [0.4, 0.5) is 0 Å². The molecule has 0 N–H and O–H groups in total. The number of carbonyl (C=O) groups excluding carboxylic acids is 2. The van der Waals surface area contributed by atoms with E-state index >= 15 is 0 Å². The van der Waals surface area contributed by atoms with Crippen LogP contribution in [-0.4, -0.2) is 18.5 Å². The minimum Gasteiger partial charge on any atom is -0.466 e. The summed E-state index contributed by atoms with van der Waals surface area (Å²) in [6, 6.07) is 7.83. The van der Waals surface area contributed by atoms with Crippen LogP contribution in [0, 0.1) is 3.57 Å². The van der Waals surface area contributed by atoms with Gasteiger partial charge < -0.3 is 9.47 Å². The number of ether oxygens (including phenoxy) is 2. The molecular weight excluding hydrogens is 431 g/mol. The Morgan fingerprint density at radius 1 is 0.840 bits per heavy atom. The number of benzene rings is 1. The van der Waals surface area contributed by atoms with Crippen LogP contribution in [-0.2, 0) is 25.7 Å². The van der Waals surface area contributed by atoms with Crippen molar-refractivity contribution in [2.45, 2.75) is 71.3 Å². The first-order chi connectivity index (χ1) is 12.1. The molecule has 0 aliphatic heterocycles. The molecule has 5 heteroatoms. The Morgan fingerprint density at radius 3 is 2.12 bits per heavy atom. The fourth-order valence-corrected chi connectivity index (χ4v) is 2.69. The molecule has 0 heterocycles. The number of unbranched alkanes of at least 4 members (excludes halogenated alkanes) is 5. The van der Waals surface area contributed by atoms with Crippen molar-refractivity contribution in [1.29, 1.82) is 0 Å². The second kappa shape index (κ2) is 14.1. The van der Waals surface area contributed by atoms with Crippen molar-refractivity contribution in [2.24, 2.45) is 0 Å². The number of carbonyl (C=O) groups is 2. The molecule has 0 atom stereocenters. The molecule has 0 fully saturated rings. The second-order valence-electron chi connectivity index (χ2n) is 6.13. The Bertz CT molecular complexity index is 499. The van der Waals surface area contributed by atoms with Crippen LogP contribution in [0.25, 0.3) is 0 Å². The number of hydrogen-bond donors (Lipinski definition) is 0. The maximum Gasteiger partial charge on any atom is 0.306 e. The fraction of sp³-hybridized carbons (Fsp3) is 0.600. The van der Waals surface area contributed by atoms with E-state index in [4.69, 9.17) is 9.47 Å². The minimum absolute atomic E-state index is 0.223. The summed E-state index contributed by atoms with van der Waals surface area (Å²) in [6.07, 6.45) is 8.01. The van der Waals surface area contributed by atoms with Crippen molar-refractivity contribution >= 4 is 34.5 Å². The Hall–Kier alpha value is -1.11. The largest absolute Gasteiger partial charge is 0.466 e. The van der Waals surface area contributed by atoms with E-state index in [1.165, 1.54) is 25.7 Å². The molecule has 0 aromatic heterocycles. The quantitative estimate of drug-likeness (QED) is 0.225. The lowest BCUT2D eigenvalue weighted by atomic mass is 10.1. The van der Waals surface area contributed by atoms with Crippen LogP contribution in [0.15, 0.2) is 24.3 Å². The maximum atomic E-state index is 11.7. The highest BCUT2D eigenvalue weighted by Crippen LogP contribution is 2.09. The molecule has 1 rings (SSSR count). The van der Waals surface area contributed by atoms with E-state index in [0.717, 1.165) is 22.0 Å². The molecule has 0 amide bonds. The molecule has 0 bridgehead atoms. The average molecular weight is 460 g/mol. The van der Waals surface area contributed by atoms with Crippen molar-refractivity contribution in [1.82, 2.24) is 0 Å². The van der Waals surface area contributed by atoms with Crippen LogP contribution < -0.4 is 0 Å². The molecule has 1 aromatic carbocycles. The van der Waals surface area contributed by atoms with Gasteiger partial charge in [-0.2, -0.15) is 0 Å².